The summed E-state index contributed by atoms with van der Waals surface area (Å²) in [6.07, 6.45) is 3.94. The van der Waals surface area contributed by atoms with Gasteiger partial charge in [0.05, 0.1) is 17.6 Å². The van der Waals surface area contributed by atoms with Gasteiger partial charge in [0.15, 0.2) is 0 Å². The third-order valence-corrected chi connectivity index (χ3v) is 3.69. The lowest BCUT2D eigenvalue weighted by Crippen LogP contribution is -1.95. The quantitative estimate of drug-likeness (QED) is 0.657. The highest BCUT2D eigenvalue weighted by atomic mass is 32.1. The van der Waals surface area contributed by atoms with Gasteiger partial charge in [-0.15, -0.1) is 11.3 Å². The average Bonchev–Trinajstić information content (AvgIpc) is 2.87. The van der Waals surface area contributed by atoms with Crippen LogP contribution in [0.4, 0.5) is 0 Å². The van der Waals surface area contributed by atoms with Crippen molar-refractivity contribution < 1.29 is 0 Å². The molecule has 3 rings (SSSR count). The predicted molar refractivity (Wildman–Crippen MR) is 67.9 cm³/mol. The molecule has 16 heavy (non-hydrogen) atoms. The lowest BCUT2D eigenvalue weighted by molar-refractivity contribution is 0.850. The third-order valence-electron chi connectivity index (χ3n) is 2.65. The van der Waals surface area contributed by atoms with Crippen molar-refractivity contribution in [1.82, 2.24) is 9.55 Å². The molecule has 3 aromatic rings. The lowest BCUT2D eigenvalue weighted by atomic mass is 10.3. The second kappa shape index (κ2) is 3.76. The molecule has 2 nitrogen and oxygen atoms in total. The second-order valence-electron chi connectivity index (χ2n) is 3.94. The number of nitrogens with zero attached hydrogens (tertiary/aromatic N) is 2. The molecule has 3 heterocycles. The Morgan fingerprint density at radius 3 is 3.12 bits per heavy atom. The second-order valence-corrected chi connectivity index (χ2v) is 4.94. The van der Waals surface area contributed by atoms with E-state index in [0.717, 1.165) is 12.1 Å². The molecule has 80 valence electrons. The molecular formula is C13H12N2S. The number of hydrogen-bond acceptors (Lipinski definition) is 2. The molecular weight excluding hydrogens is 216 g/mol. The van der Waals surface area contributed by atoms with Crippen LogP contribution >= 0.6 is 11.3 Å². The normalized spacial score (nSPS) is 11.1. The number of aryl methyl sites for hydroxylation is 1. The molecule has 0 aliphatic carbocycles. The summed E-state index contributed by atoms with van der Waals surface area (Å²) in [6, 6.07) is 8.41. The standard InChI is InChI=1S/C13H12N2S/c1-10-7-11(16-9-10)8-15-6-4-12-13(15)3-2-5-14-12/h2-7,9H,8H2,1H3. The molecule has 0 bridgehead atoms. The zero-order chi connectivity index (χ0) is 11.0. The van der Waals surface area contributed by atoms with Crippen molar-refractivity contribution in [3.8, 4) is 0 Å². The van der Waals surface area contributed by atoms with Gasteiger partial charge in [-0.05, 0) is 42.1 Å². The molecule has 3 heteroatoms. The first-order valence-electron chi connectivity index (χ1n) is 5.27. The van der Waals surface area contributed by atoms with Crippen LogP contribution in [0.2, 0.25) is 0 Å². The Bertz CT molecular complexity index is 621. The topological polar surface area (TPSA) is 17.8 Å². The van der Waals surface area contributed by atoms with Crippen molar-refractivity contribution in [3.05, 3.63) is 52.5 Å². The van der Waals surface area contributed by atoms with E-state index >= 15 is 0 Å². The summed E-state index contributed by atoms with van der Waals surface area (Å²) in [7, 11) is 0. The summed E-state index contributed by atoms with van der Waals surface area (Å²) in [5.41, 5.74) is 3.61. The SMILES string of the molecule is Cc1csc(Cn2ccc3ncccc32)c1. The summed E-state index contributed by atoms with van der Waals surface area (Å²) in [5, 5.41) is 2.19. The van der Waals surface area contributed by atoms with Gasteiger partial charge in [0.1, 0.15) is 0 Å². The maximum Gasteiger partial charge on any atom is 0.0881 e. The van der Waals surface area contributed by atoms with Crippen LogP contribution in [-0.2, 0) is 6.54 Å². The van der Waals surface area contributed by atoms with E-state index in [4.69, 9.17) is 0 Å². The summed E-state index contributed by atoms with van der Waals surface area (Å²) in [4.78, 5) is 5.72. The number of pyridine rings is 1. The van der Waals surface area contributed by atoms with Crippen LogP contribution in [0.1, 0.15) is 10.4 Å². The third kappa shape index (κ3) is 1.63. The van der Waals surface area contributed by atoms with Gasteiger partial charge in [0.2, 0.25) is 0 Å². The number of thiophene rings is 1. The van der Waals surface area contributed by atoms with Crippen molar-refractivity contribution in [3.63, 3.8) is 0 Å². The molecule has 0 N–H and O–H groups in total. The first-order valence-corrected chi connectivity index (χ1v) is 6.15. The molecule has 0 spiro atoms. The van der Waals surface area contributed by atoms with Crippen LogP contribution in [0.15, 0.2) is 42.0 Å². The molecule has 0 aliphatic rings. The van der Waals surface area contributed by atoms with E-state index in [-0.39, 0.29) is 0 Å². The highest BCUT2D eigenvalue weighted by Gasteiger charge is 2.03. The van der Waals surface area contributed by atoms with Crippen LogP contribution in [-0.4, -0.2) is 9.55 Å². The molecule has 0 radical (unpaired) electrons. The first kappa shape index (κ1) is 9.60. The molecule has 0 amide bonds. The fourth-order valence-corrected chi connectivity index (χ4v) is 2.77. The fraction of sp³-hybridized carbons (Fsp3) is 0.154. The van der Waals surface area contributed by atoms with Crippen molar-refractivity contribution in [2.45, 2.75) is 13.5 Å². The Balaban J connectivity index is 2.00. The largest absolute Gasteiger partial charge is 0.341 e. The zero-order valence-electron chi connectivity index (χ0n) is 9.05. The molecule has 0 aliphatic heterocycles. The molecule has 0 atom stereocenters. The maximum absolute atomic E-state index is 4.33. The van der Waals surface area contributed by atoms with E-state index in [1.165, 1.54) is 16.0 Å². The van der Waals surface area contributed by atoms with Crippen LogP contribution in [0.3, 0.4) is 0 Å². The lowest BCUT2D eigenvalue weighted by Gasteiger charge is -2.02. The number of aromatic nitrogens is 2. The smallest absolute Gasteiger partial charge is 0.0881 e. The monoisotopic (exact) mass is 228 g/mol. The Labute approximate surface area is 98.2 Å². The van der Waals surface area contributed by atoms with E-state index in [9.17, 15) is 0 Å². The molecule has 3 aromatic heterocycles. The highest BCUT2D eigenvalue weighted by Crippen LogP contribution is 2.18. The maximum atomic E-state index is 4.33. The minimum Gasteiger partial charge on any atom is -0.341 e. The highest BCUT2D eigenvalue weighted by molar-refractivity contribution is 7.10. The first-order chi connectivity index (χ1) is 7.83. The van der Waals surface area contributed by atoms with Gasteiger partial charge in [0.25, 0.3) is 0 Å². The zero-order valence-corrected chi connectivity index (χ0v) is 9.87. The van der Waals surface area contributed by atoms with E-state index < -0.39 is 0 Å². The Morgan fingerprint density at radius 1 is 1.38 bits per heavy atom. The van der Waals surface area contributed by atoms with Gasteiger partial charge in [-0.2, -0.15) is 0 Å². The van der Waals surface area contributed by atoms with Gasteiger partial charge >= 0.3 is 0 Å². The van der Waals surface area contributed by atoms with Gasteiger partial charge in [0, 0.05) is 17.3 Å². The van der Waals surface area contributed by atoms with Gasteiger partial charge in [-0.3, -0.25) is 4.98 Å². The van der Waals surface area contributed by atoms with E-state index in [1.54, 1.807) is 0 Å². The summed E-state index contributed by atoms with van der Waals surface area (Å²) >= 11 is 1.82. The van der Waals surface area contributed by atoms with Gasteiger partial charge < -0.3 is 4.57 Å². The molecule has 0 saturated carbocycles. The van der Waals surface area contributed by atoms with E-state index in [2.05, 4.69) is 46.3 Å². The van der Waals surface area contributed by atoms with Gasteiger partial charge in [-0.25, -0.2) is 0 Å². The van der Waals surface area contributed by atoms with E-state index in [0.29, 0.717) is 0 Å². The number of rotatable bonds is 2. The Morgan fingerprint density at radius 2 is 2.31 bits per heavy atom. The number of hydrogen-bond donors (Lipinski definition) is 0. The van der Waals surface area contributed by atoms with Crippen molar-refractivity contribution in [1.29, 1.82) is 0 Å². The fourth-order valence-electron chi connectivity index (χ4n) is 1.90. The van der Waals surface area contributed by atoms with Crippen LogP contribution in [0.25, 0.3) is 11.0 Å². The van der Waals surface area contributed by atoms with Crippen LogP contribution in [0.5, 0.6) is 0 Å². The van der Waals surface area contributed by atoms with Gasteiger partial charge in [-0.1, -0.05) is 0 Å². The summed E-state index contributed by atoms with van der Waals surface area (Å²) in [6.45, 7) is 3.07. The Kier molecular flexibility index (Phi) is 2.26. The van der Waals surface area contributed by atoms with Crippen LogP contribution in [0, 0.1) is 6.92 Å². The number of fused-ring (bicyclic) bond motifs is 1. The van der Waals surface area contributed by atoms with E-state index in [1.807, 2.05) is 23.6 Å². The van der Waals surface area contributed by atoms with Crippen molar-refractivity contribution >= 4 is 22.4 Å². The minimum absolute atomic E-state index is 0.938. The summed E-state index contributed by atoms with van der Waals surface area (Å²) < 4.78 is 2.24. The Hall–Kier alpha value is -1.61. The average molecular weight is 228 g/mol. The summed E-state index contributed by atoms with van der Waals surface area (Å²) in [5.74, 6) is 0. The van der Waals surface area contributed by atoms with Crippen molar-refractivity contribution in [2.24, 2.45) is 0 Å². The predicted octanol–water partition coefficient (Wildman–Crippen LogP) is 3.45. The molecule has 0 aromatic carbocycles. The van der Waals surface area contributed by atoms with Crippen LogP contribution < -0.4 is 0 Å². The molecule has 0 unspecified atom stereocenters. The molecule has 0 saturated heterocycles. The molecule has 0 fully saturated rings. The minimum atomic E-state index is 0.938. The van der Waals surface area contributed by atoms with Crippen molar-refractivity contribution in [2.75, 3.05) is 0 Å².